The van der Waals surface area contributed by atoms with E-state index in [0.29, 0.717) is 23.5 Å². The fourth-order valence-electron chi connectivity index (χ4n) is 2.34. The summed E-state index contributed by atoms with van der Waals surface area (Å²) >= 11 is 0. The molecule has 7 nitrogen and oxygen atoms in total. The number of carbonyl (C=O) groups is 1. The number of hydrogen-bond donors (Lipinski definition) is 4. The predicted molar refractivity (Wildman–Crippen MR) is 98.2 cm³/mol. The number of amides is 1. The summed E-state index contributed by atoms with van der Waals surface area (Å²) in [7, 11) is 0. The van der Waals surface area contributed by atoms with Crippen molar-refractivity contribution in [2.24, 2.45) is 0 Å². The van der Waals surface area contributed by atoms with Gasteiger partial charge in [0.05, 0.1) is 11.3 Å². The van der Waals surface area contributed by atoms with Gasteiger partial charge in [-0.05, 0) is 24.3 Å². The Balaban J connectivity index is 1.93. The molecule has 0 bridgehead atoms. The molecule has 25 heavy (non-hydrogen) atoms. The van der Waals surface area contributed by atoms with Crippen LogP contribution in [0.25, 0.3) is 0 Å². The van der Waals surface area contributed by atoms with Gasteiger partial charge in [-0.3, -0.25) is 10.2 Å². The van der Waals surface area contributed by atoms with Crippen LogP contribution >= 0.6 is 0 Å². The summed E-state index contributed by atoms with van der Waals surface area (Å²) in [4.78, 5) is 18.7. The van der Waals surface area contributed by atoms with E-state index in [0.717, 1.165) is 11.3 Å². The van der Waals surface area contributed by atoms with Crippen LogP contribution in [0.4, 0.5) is 23.0 Å². The second kappa shape index (κ2) is 7.22. The van der Waals surface area contributed by atoms with E-state index in [9.17, 15) is 4.79 Å². The van der Waals surface area contributed by atoms with Crippen LogP contribution in [0, 0.1) is 5.41 Å². The molecule has 0 radical (unpaired) electrons. The lowest BCUT2D eigenvalue weighted by molar-refractivity contribution is -0.105. The molecule has 0 saturated carbocycles. The summed E-state index contributed by atoms with van der Waals surface area (Å²) in [6.45, 7) is 0. The van der Waals surface area contributed by atoms with E-state index < -0.39 is 0 Å². The van der Waals surface area contributed by atoms with Gasteiger partial charge in [0.1, 0.15) is 18.0 Å². The molecule has 0 aliphatic carbocycles. The smallest absolute Gasteiger partial charge is 0.211 e. The maximum Gasteiger partial charge on any atom is 0.211 e. The van der Waals surface area contributed by atoms with Gasteiger partial charge < -0.3 is 16.4 Å². The molecule has 3 aromatic rings. The van der Waals surface area contributed by atoms with Gasteiger partial charge in [-0.15, -0.1) is 0 Å². The number of carbonyl (C=O) groups excluding carboxylic acids is 1. The number of nitrogens with two attached hydrogens (primary N) is 1. The fourth-order valence-corrected chi connectivity index (χ4v) is 2.34. The summed E-state index contributed by atoms with van der Waals surface area (Å²) < 4.78 is 0. The Kier molecular flexibility index (Phi) is 4.66. The second-order valence-corrected chi connectivity index (χ2v) is 5.19. The van der Waals surface area contributed by atoms with Crippen molar-refractivity contribution in [1.82, 2.24) is 9.97 Å². The highest BCUT2D eigenvalue weighted by molar-refractivity contribution is 6.16. The Bertz CT molecular complexity index is 893. The van der Waals surface area contributed by atoms with Crippen LogP contribution in [-0.4, -0.2) is 22.1 Å². The quantitative estimate of drug-likeness (QED) is 0.409. The monoisotopic (exact) mass is 332 g/mol. The molecule has 5 N–H and O–H groups in total. The molecule has 0 aliphatic heterocycles. The zero-order valence-corrected chi connectivity index (χ0v) is 13.2. The summed E-state index contributed by atoms with van der Waals surface area (Å²) in [6.07, 6.45) is 1.97. The lowest BCUT2D eigenvalue weighted by Gasteiger charge is -2.14. The number of rotatable bonds is 6. The summed E-state index contributed by atoms with van der Waals surface area (Å²) in [5.74, 6) is 0.669. The number of nitrogens with one attached hydrogen (secondary N) is 3. The Hall–Kier alpha value is -3.74. The number of hydrogen-bond acceptors (Lipinski definition) is 6. The molecule has 1 amide bonds. The lowest BCUT2D eigenvalue weighted by Crippen LogP contribution is -2.12. The van der Waals surface area contributed by atoms with Crippen LogP contribution in [-0.2, 0) is 4.79 Å². The van der Waals surface area contributed by atoms with Crippen LogP contribution < -0.4 is 16.4 Å². The minimum atomic E-state index is 0.227. The fraction of sp³-hybridized carbons (Fsp3) is 0. The highest BCUT2D eigenvalue weighted by Gasteiger charge is 2.16. The average molecular weight is 332 g/mol. The van der Waals surface area contributed by atoms with Gasteiger partial charge in [0.25, 0.3) is 0 Å². The summed E-state index contributed by atoms with van der Waals surface area (Å²) in [6, 6.07) is 16.4. The molecule has 0 spiro atoms. The van der Waals surface area contributed by atoms with Crippen LogP contribution in [0.3, 0.4) is 0 Å². The molecule has 1 heterocycles. The number of anilines is 4. The lowest BCUT2D eigenvalue weighted by atomic mass is 10.0. The van der Waals surface area contributed by atoms with Crippen molar-refractivity contribution in [2.45, 2.75) is 0 Å². The minimum absolute atomic E-state index is 0.227. The van der Waals surface area contributed by atoms with Crippen LogP contribution in [0.1, 0.15) is 11.1 Å². The minimum Gasteiger partial charge on any atom is -0.383 e. The number of nitrogen functional groups attached to an aromatic ring is 1. The van der Waals surface area contributed by atoms with E-state index in [1.807, 2.05) is 30.3 Å². The zero-order chi connectivity index (χ0) is 17.6. The zero-order valence-electron chi connectivity index (χ0n) is 13.2. The summed E-state index contributed by atoms with van der Waals surface area (Å²) in [5, 5.41) is 14.2. The van der Waals surface area contributed by atoms with Gasteiger partial charge in [0.2, 0.25) is 6.41 Å². The largest absolute Gasteiger partial charge is 0.383 e. The van der Waals surface area contributed by atoms with Crippen molar-refractivity contribution in [1.29, 1.82) is 5.41 Å². The van der Waals surface area contributed by atoms with Gasteiger partial charge in [-0.25, -0.2) is 9.97 Å². The van der Waals surface area contributed by atoms with E-state index in [1.165, 1.54) is 6.33 Å². The van der Waals surface area contributed by atoms with Crippen LogP contribution in [0.15, 0.2) is 60.9 Å². The molecule has 0 fully saturated rings. The van der Waals surface area contributed by atoms with Crippen LogP contribution in [0.2, 0.25) is 0 Å². The number of benzene rings is 2. The maximum absolute atomic E-state index is 10.5. The first-order valence-electron chi connectivity index (χ1n) is 7.51. The molecule has 0 unspecified atom stereocenters. The van der Waals surface area contributed by atoms with E-state index >= 15 is 0 Å². The Labute approximate surface area is 144 Å². The maximum atomic E-state index is 10.5. The topological polar surface area (TPSA) is 117 Å². The Morgan fingerprint density at radius 2 is 1.68 bits per heavy atom. The third-order valence-electron chi connectivity index (χ3n) is 3.56. The Morgan fingerprint density at radius 1 is 1.00 bits per heavy atom. The number of aromatic nitrogens is 2. The SMILES string of the molecule is N=C(c1ccccc1)c1c(N)ncnc1Nc1ccc(NC=O)cc1. The first-order chi connectivity index (χ1) is 12.2. The molecule has 0 aliphatic rings. The number of nitrogens with zero attached hydrogens (tertiary/aromatic N) is 2. The molecular weight excluding hydrogens is 316 g/mol. The Morgan fingerprint density at radius 3 is 2.36 bits per heavy atom. The predicted octanol–water partition coefficient (Wildman–Crippen LogP) is 2.79. The van der Waals surface area contributed by atoms with Crippen LogP contribution in [0.5, 0.6) is 0 Å². The van der Waals surface area contributed by atoms with Crippen molar-refractivity contribution in [2.75, 3.05) is 16.4 Å². The van der Waals surface area contributed by atoms with Gasteiger partial charge in [-0.2, -0.15) is 0 Å². The molecule has 1 aromatic heterocycles. The van der Waals surface area contributed by atoms with E-state index in [4.69, 9.17) is 11.1 Å². The molecule has 2 aromatic carbocycles. The molecule has 7 heteroatoms. The van der Waals surface area contributed by atoms with Crippen molar-refractivity contribution in [3.8, 4) is 0 Å². The molecular formula is C18H16N6O. The van der Waals surface area contributed by atoms with Crippen molar-refractivity contribution >= 4 is 35.1 Å². The average Bonchev–Trinajstić information content (AvgIpc) is 2.64. The highest BCUT2D eigenvalue weighted by Crippen LogP contribution is 2.25. The molecule has 0 saturated heterocycles. The highest BCUT2D eigenvalue weighted by atomic mass is 16.1. The van der Waals surface area contributed by atoms with E-state index in [2.05, 4.69) is 20.6 Å². The molecule has 0 atom stereocenters. The van der Waals surface area contributed by atoms with Crippen molar-refractivity contribution in [3.05, 3.63) is 72.1 Å². The second-order valence-electron chi connectivity index (χ2n) is 5.19. The van der Waals surface area contributed by atoms with E-state index in [1.54, 1.807) is 24.3 Å². The first kappa shape index (κ1) is 16.1. The third kappa shape index (κ3) is 3.61. The summed E-state index contributed by atoms with van der Waals surface area (Å²) in [5.41, 5.74) is 8.81. The normalized spacial score (nSPS) is 10.1. The van der Waals surface area contributed by atoms with E-state index in [-0.39, 0.29) is 11.5 Å². The van der Waals surface area contributed by atoms with Crippen molar-refractivity contribution in [3.63, 3.8) is 0 Å². The standard InChI is InChI=1S/C18H16N6O/c19-16(12-4-2-1-3-5-12)15-17(20)21-10-22-18(15)24-14-8-6-13(7-9-14)23-11-25/h1-11,19H,(H,23,25)(H3,20,21,22,24). The van der Waals surface area contributed by atoms with Gasteiger partial charge >= 0.3 is 0 Å². The first-order valence-corrected chi connectivity index (χ1v) is 7.51. The third-order valence-corrected chi connectivity index (χ3v) is 3.56. The molecule has 124 valence electrons. The van der Waals surface area contributed by atoms with Gasteiger partial charge in [-0.1, -0.05) is 30.3 Å². The van der Waals surface area contributed by atoms with Crippen molar-refractivity contribution < 1.29 is 4.79 Å². The van der Waals surface area contributed by atoms with Gasteiger partial charge in [0.15, 0.2) is 0 Å². The van der Waals surface area contributed by atoms with Gasteiger partial charge in [0, 0.05) is 16.9 Å². The molecule has 3 rings (SSSR count).